The van der Waals surface area contributed by atoms with Crippen molar-refractivity contribution in [3.8, 4) is 16.6 Å². The number of nitrogens with zero attached hydrogens (tertiary/aromatic N) is 4. The van der Waals surface area contributed by atoms with Gasteiger partial charge in [-0.1, -0.05) is 12.1 Å². The van der Waals surface area contributed by atoms with E-state index in [0.717, 1.165) is 31.7 Å². The summed E-state index contributed by atoms with van der Waals surface area (Å²) in [6.07, 6.45) is 6.88. The van der Waals surface area contributed by atoms with Crippen molar-refractivity contribution in [2.45, 2.75) is 18.8 Å². The summed E-state index contributed by atoms with van der Waals surface area (Å²) in [6.45, 7) is 1.49. The van der Waals surface area contributed by atoms with Crippen LogP contribution in [0, 0.1) is 0 Å². The average molecular weight is 380 g/mol. The van der Waals surface area contributed by atoms with Gasteiger partial charge in [0.2, 0.25) is 0 Å². The van der Waals surface area contributed by atoms with E-state index in [1.54, 1.807) is 31.8 Å². The lowest BCUT2D eigenvalue weighted by molar-refractivity contribution is 0.0717. The first-order valence-corrected chi connectivity index (χ1v) is 9.72. The molecule has 1 amide bonds. The van der Waals surface area contributed by atoms with Crippen molar-refractivity contribution in [3.63, 3.8) is 0 Å². The van der Waals surface area contributed by atoms with Gasteiger partial charge in [0.15, 0.2) is 10.8 Å². The molecule has 0 saturated carbocycles. The maximum atomic E-state index is 12.8. The summed E-state index contributed by atoms with van der Waals surface area (Å²) in [7, 11) is 1.68. The smallest absolute Gasteiger partial charge is 0.265 e. The number of hydrogen-bond donors (Lipinski definition) is 0. The predicted molar refractivity (Wildman–Crippen MR) is 104 cm³/mol. The van der Waals surface area contributed by atoms with Crippen LogP contribution in [0.25, 0.3) is 10.8 Å². The number of thiazole rings is 1. The summed E-state index contributed by atoms with van der Waals surface area (Å²) in [5.74, 6) is 1.93. The van der Waals surface area contributed by atoms with E-state index in [9.17, 15) is 4.79 Å². The Labute approximate surface area is 161 Å². The molecule has 7 heteroatoms. The van der Waals surface area contributed by atoms with Crippen molar-refractivity contribution in [1.82, 2.24) is 19.9 Å². The summed E-state index contributed by atoms with van der Waals surface area (Å²) in [6, 6.07) is 9.98. The van der Waals surface area contributed by atoms with E-state index in [4.69, 9.17) is 4.74 Å². The molecule has 0 atom stereocenters. The largest absolute Gasteiger partial charge is 0.497 e. The Morgan fingerprint density at radius 2 is 1.93 bits per heavy atom. The van der Waals surface area contributed by atoms with Crippen molar-refractivity contribution in [2.75, 3.05) is 20.2 Å². The summed E-state index contributed by atoms with van der Waals surface area (Å²) in [5.41, 5.74) is 1.28. The average Bonchev–Trinajstić information content (AvgIpc) is 3.24. The quantitative estimate of drug-likeness (QED) is 0.691. The fourth-order valence-electron chi connectivity index (χ4n) is 3.35. The molecule has 3 heterocycles. The molecule has 3 aromatic rings. The monoisotopic (exact) mass is 380 g/mol. The van der Waals surface area contributed by atoms with E-state index < -0.39 is 0 Å². The van der Waals surface area contributed by atoms with Crippen LogP contribution in [0.15, 0.2) is 48.9 Å². The number of likely N-dealkylation sites (tertiary alicyclic amines) is 1. The molecule has 27 heavy (non-hydrogen) atoms. The first kappa shape index (κ1) is 17.6. The Morgan fingerprint density at radius 1 is 1.15 bits per heavy atom. The zero-order valence-corrected chi connectivity index (χ0v) is 15.9. The summed E-state index contributed by atoms with van der Waals surface area (Å²) >= 11 is 1.35. The van der Waals surface area contributed by atoms with Crippen LogP contribution in [-0.2, 0) is 0 Å². The van der Waals surface area contributed by atoms with Crippen LogP contribution >= 0.6 is 11.3 Å². The van der Waals surface area contributed by atoms with Crippen molar-refractivity contribution in [2.24, 2.45) is 0 Å². The van der Waals surface area contributed by atoms with Crippen molar-refractivity contribution >= 4 is 17.2 Å². The van der Waals surface area contributed by atoms with Gasteiger partial charge in [0, 0.05) is 25.5 Å². The molecule has 1 saturated heterocycles. The fraction of sp³-hybridized carbons (Fsp3) is 0.300. The van der Waals surface area contributed by atoms with Crippen molar-refractivity contribution in [3.05, 3.63) is 59.4 Å². The highest BCUT2D eigenvalue weighted by molar-refractivity contribution is 7.16. The van der Waals surface area contributed by atoms with Crippen LogP contribution in [0.5, 0.6) is 5.75 Å². The normalized spacial score (nSPS) is 14.9. The second-order valence-corrected chi connectivity index (χ2v) is 7.48. The number of rotatable bonds is 4. The Hall–Kier alpha value is -2.80. The summed E-state index contributed by atoms with van der Waals surface area (Å²) in [4.78, 5) is 28.1. The van der Waals surface area contributed by atoms with Gasteiger partial charge in [0.05, 0.1) is 13.3 Å². The minimum atomic E-state index is 0.0405. The van der Waals surface area contributed by atoms with E-state index in [2.05, 4.69) is 27.1 Å². The van der Waals surface area contributed by atoms with Gasteiger partial charge in [-0.3, -0.25) is 4.79 Å². The Bertz CT molecular complexity index is 920. The number of aromatic nitrogens is 3. The number of amides is 1. The second-order valence-electron chi connectivity index (χ2n) is 6.45. The summed E-state index contributed by atoms with van der Waals surface area (Å²) in [5, 5.41) is 0.671. The lowest BCUT2D eigenvalue weighted by Gasteiger charge is -2.32. The molecular formula is C20H20N4O2S. The van der Waals surface area contributed by atoms with Gasteiger partial charge in [-0.15, -0.1) is 11.3 Å². The van der Waals surface area contributed by atoms with Gasteiger partial charge in [-0.2, -0.15) is 0 Å². The van der Waals surface area contributed by atoms with Crippen LogP contribution in [0.4, 0.5) is 0 Å². The van der Waals surface area contributed by atoms with E-state index in [1.807, 2.05) is 17.0 Å². The highest BCUT2D eigenvalue weighted by Crippen LogP contribution is 2.31. The molecule has 1 aliphatic rings. The lowest BCUT2D eigenvalue weighted by atomic mass is 9.89. The molecule has 1 aromatic carbocycles. The SMILES string of the molecule is COc1cccc(C2CCN(C(=O)c3cnc(-c4ncccn4)s3)CC2)c1. The maximum absolute atomic E-state index is 12.8. The van der Waals surface area contributed by atoms with Crippen molar-refractivity contribution < 1.29 is 9.53 Å². The number of hydrogen-bond acceptors (Lipinski definition) is 6. The van der Waals surface area contributed by atoms with Gasteiger partial charge in [0.1, 0.15) is 10.6 Å². The van der Waals surface area contributed by atoms with Gasteiger partial charge in [0.25, 0.3) is 5.91 Å². The topological polar surface area (TPSA) is 68.2 Å². The van der Waals surface area contributed by atoms with Gasteiger partial charge in [-0.05, 0) is 42.5 Å². The van der Waals surface area contributed by atoms with Crippen molar-refractivity contribution in [1.29, 1.82) is 0 Å². The van der Waals surface area contributed by atoms with E-state index in [0.29, 0.717) is 21.6 Å². The molecule has 0 N–H and O–H groups in total. The van der Waals surface area contributed by atoms with Crippen LogP contribution in [0.1, 0.15) is 34.0 Å². The van der Waals surface area contributed by atoms with Gasteiger partial charge >= 0.3 is 0 Å². The molecule has 0 radical (unpaired) electrons. The van der Waals surface area contributed by atoms with Crippen LogP contribution < -0.4 is 4.74 Å². The zero-order valence-electron chi connectivity index (χ0n) is 15.0. The first-order chi connectivity index (χ1) is 13.2. The number of carbonyl (C=O) groups is 1. The number of ether oxygens (including phenoxy) is 1. The lowest BCUT2D eigenvalue weighted by Crippen LogP contribution is -2.37. The summed E-state index contributed by atoms with van der Waals surface area (Å²) < 4.78 is 5.32. The predicted octanol–water partition coefficient (Wildman–Crippen LogP) is 3.63. The molecular weight excluding hydrogens is 360 g/mol. The molecule has 2 aromatic heterocycles. The molecule has 138 valence electrons. The Balaban J connectivity index is 1.41. The van der Waals surface area contributed by atoms with Gasteiger partial charge in [-0.25, -0.2) is 15.0 Å². The number of benzene rings is 1. The standard InChI is InChI=1S/C20H20N4O2S/c1-26-16-5-2-4-15(12-16)14-6-10-24(11-7-14)20(25)17-13-23-19(27-17)18-21-8-3-9-22-18/h2-5,8-9,12-14H,6-7,10-11H2,1H3. The highest BCUT2D eigenvalue weighted by Gasteiger charge is 2.26. The Kier molecular flexibility index (Phi) is 5.11. The molecule has 0 aliphatic carbocycles. The molecule has 0 unspecified atom stereocenters. The molecule has 1 aliphatic heterocycles. The number of carbonyl (C=O) groups excluding carboxylic acids is 1. The minimum absolute atomic E-state index is 0.0405. The second kappa shape index (κ2) is 7.84. The number of methoxy groups -OCH3 is 1. The fourth-order valence-corrected chi connectivity index (χ4v) is 4.19. The molecule has 0 bridgehead atoms. The van der Waals surface area contributed by atoms with Gasteiger partial charge < -0.3 is 9.64 Å². The Morgan fingerprint density at radius 3 is 2.67 bits per heavy atom. The third kappa shape index (κ3) is 3.83. The van der Waals surface area contributed by atoms with E-state index in [1.165, 1.54) is 16.9 Å². The third-order valence-corrected chi connectivity index (χ3v) is 5.80. The molecule has 4 rings (SSSR count). The van der Waals surface area contributed by atoms with E-state index in [-0.39, 0.29) is 5.91 Å². The van der Waals surface area contributed by atoms with E-state index >= 15 is 0 Å². The first-order valence-electron chi connectivity index (χ1n) is 8.91. The number of piperidine rings is 1. The maximum Gasteiger partial charge on any atom is 0.265 e. The molecule has 0 spiro atoms. The van der Waals surface area contributed by atoms with Crippen LogP contribution in [-0.4, -0.2) is 46.0 Å². The van der Waals surface area contributed by atoms with Crippen LogP contribution in [0.2, 0.25) is 0 Å². The zero-order chi connectivity index (χ0) is 18.6. The molecule has 6 nitrogen and oxygen atoms in total. The minimum Gasteiger partial charge on any atom is -0.497 e. The molecule has 1 fully saturated rings. The highest BCUT2D eigenvalue weighted by atomic mass is 32.1. The van der Waals surface area contributed by atoms with Crippen LogP contribution in [0.3, 0.4) is 0 Å². The third-order valence-electron chi connectivity index (χ3n) is 4.82.